The van der Waals surface area contributed by atoms with Crippen molar-refractivity contribution in [2.75, 3.05) is 7.11 Å². The number of nitrogens with one attached hydrogen (secondary N) is 1. The maximum absolute atomic E-state index is 5.28. The Morgan fingerprint density at radius 2 is 1.74 bits per heavy atom. The number of hydrogen-bond donors (Lipinski definition) is 1. The molecular formula is C16H17N2O+. The van der Waals surface area contributed by atoms with Gasteiger partial charge in [-0.25, -0.2) is 9.55 Å². The molecule has 2 aromatic carbocycles. The zero-order valence-corrected chi connectivity index (χ0v) is 11.0. The smallest absolute Gasteiger partial charge is 0.281 e. The Bertz CT molecular complexity index is 674. The summed E-state index contributed by atoms with van der Waals surface area (Å²) in [5, 5.41) is 0. The monoisotopic (exact) mass is 253 g/mol. The van der Waals surface area contributed by atoms with E-state index >= 15 is 0 Å². The normalized spacial score (nSPS) is 11.0. The van der Waals surface area contributed by atoms with Crippen LogP contribution in [-0.4, -0.2) is 12.1 Å². The number of aromatic nitrogens is 2. The average molecular weight is 253 g/mol. The minimum atomic E-state index is 0.585. The molecule has 0 saturated heterocycles. The highest BCUT2D eigenvalue weighted by molar-refractivity contribution is 5.71. The second-order valence-corrected chi connectivity index (χ2v) is 4.59. The summed E-state index contributed by atoms with van der Waals surface area (Å²) < 4.78 is 7.56. The summed E-state index contributed by atoms with van der Waals surface area (Å²) in [7, 11) is 1.72. The van der Waals surface area contributed by atoms with E-state index in [4.69, 9.17) is 4.74 Å². The highest BCUT2D eigenvalue weighted by Gasteiger charge is 2.17. The maximum Gasteiger partial charge on any atom is 0.281 e. The largest absolute Gasteiger partial charge is 0.372 e. The van der Waals surface area contributed by atoms with Crippen molar-refractivity contribution in [2.24, 2.45) is 0 Å². The van der Waals surface area contributed by atoms with E-state index < -0.39 is 0 Å². The molecule has 96 valence electrons. The second kappa shape index (κ2) is 5.24. The average Bonchev–Trinajstić information content (AvgIpc) is 2.79. The summed E-state index contributed by atoms with van der Waals surface area (Å²) in [6.45, 7) is 1.44. The molecule has 0 aliphatic carbocycles. The Morgan fingerprint density at radius 3 is 2.53 bits per heavy atom. The number of nitrogens with zero attached hydrogens (tertiary/aromatic N) is 1. The lowest BCUT2D eigenvalue weighted by Crippen LogP contribution is -2.37. The Labute approximate surface area is 112 Å². The van der Waals surface area contributed by atoms with Gasteiger partial charge in [0.15, 0.2) is 11.0 Å². The van der Waals surface area contributed by atoms with Crippen LogP contribution in [0.3, 0.4) is 0 Å². The Balaban J connectivity index is 2.07. The highest BCUT2D eigenvalue weighted by Crippen LogP contribution is 2.11. The number of para-hydroxylation sites is 2. The van der Waals surface area contributed by atoms with Crippen molar-refractivity contribution >= 4 is 11.0 Å². The number of benzene rings is 2. The highest BCUT2D eigenvalue weighted by atomic mass is 16.5. The van der Waals surface area contributed by atoms with Gasteiger partial charge in [-0.3, -0.25) is 0 Å². The molecule has 3 nitrogen and oxygen atoms in total. The van der Waals surface area contributed by atoms with Gasteiger partial charge in [0.2, 0.25) is 0 Å². The standard InChI is InChI=1S/C16H16N2O/c1-19-12-16-17-14-9-5-6-10-15(14)18(16)11-13-7-3-2-4-8-13/h2-10H,11-12H2,1H3/p+1. The number of hydrogen-bond acceptors (Lipinski definition) is 1. The number of ether oxygens (including phenoxy) is 1. The van der Waals surface area contributed by atoms with Gasteiger partial charge in [0.05, 0.1) is 0 Å². The first-order valence-electron chi connectivity index (χ1n) is 6.41. The molecule has 1 aromatic heterocycles. The molecule has 3 rings (SSSR count). The molecule has 0 amide bonds. The van der Waals surface area contributed by atoms with Crippen molar-refractivity contribution in [2.45, 2.75) is 13.2 Å². The number of aromatic amines is 1. The fraction of sp³-hybridized carbons (Fsp3) is 0.188. The van der Waals surface area contributed by atoms with Crippen LogP contribution in [0.1, 0.15) is 11.4 Å². The predicted molar refractivity (Wildman–Crippen MR) is 74.8 cm³/mol. The fourth-order valence-corrected chi connectivity index (χ4v) is 2.38. The fourth-order valence-electron chi connectivity index (χ4n) is 2.38. The molecule has 0 aliphatic rings. The van der Waals surface area contributed by atoms with E-state index in [9.17, 15) is 0 Å². The van der Waals surface area contributed by atoms with Crippen LogP contribution >= 0.6 is 0 Å². The van der Waals surface area contributed by atoms with E-state index in [1.54, 1.807) is 7.11 Å². The molecule has 1 heterocycles. The van der Waals surface area contributed by atoms with Gasteiger partial charge in [-0.2, -0.15) is 0 Å². The summed E-state index contributed by atoms with van der Waals surface area (Å²) in [4.78, 5) is 3.42. The van der Waals surface area contributed by atoms with Crippen LogP contribution in [0.15, 0.2) is 54.6 Å². The number of fused-ring (bicyclic) bond motifs is 1. The van der Waals surface area contributed by atoms with Crippen molar-refractivity contribution in [3.63, 3.8) is 0 Å². The van der Waals surface area contributed by atoms with E-state index in [1.807, 2.05) is 12.1 Å². The SMILES string of the molecule is COCc1[nH]c2ccccc2[n+]1Cc1ccccc1. The molecule has 0 bridgehead atoms. The van der Waals surface area contributed by atoms with Gasteiger partial charge in [-0.05, 0) is 17.7 Å². The quantitative estimate of drug-likeness (QED) is 0.711. The van der Waals surface area contributed by atoms with Crippen LogP contribution in [0.5, 0.6) is 0 Å². The summed E-state index contributed by atoms with van der Waals surface area (Å²) in [5.41, 5.74) is 3.64. The molecule has 3 aromatic rings. The zero-order valence-electron chi connectivity index (χ0n) is 11.0. The lowest BCUT2D eigenvalue weighted by Gasteiger charge is -2.02. The van der Waals surface area contributed by atoms with Crippen LogP contribution in [0.4, 0.5) is 0 Å². The first-order chi connectivity index (χ1) is 9.38. The molecule has 0 aliphatic heterocycles. The third-order valence-corrected chi connectivity index (χ3v) is 3.26. The topological polar surface area (TPSA) is 28.9 Å². The van der Waals surface area contributed by atoms with Gasteiger partial charge in [0.25, 0.3) is 5.82 Å². The summed E-state index contributed by atoms with van der Waals surface area (Å²) in [6, 6.07) is 18.8. The Morgan fingerprint density at radius 1 is 1.00 bits per heavy atom. The molecule has 0 radical (unpaired) electrons. The van der Waals surface area contributed by atoms with Crippen molar-refractivity contribution in [1.82, 2.24) is 4.98 Å². The van der Waals surface area contributed by atoms with Crippen molar-refractivity contribution in [3.8, 4) is 0 Å². The van der Waals surface area contributed by atoms with Gasteiger partial charge in [-0.15, -0.1) is 0 Å². The molecule has 0 spiro atoms. The minimum absolute atomic E-state index is 0.585. The Kier molecular flexibility index (Phi) is 3.29. The molecule has 0 atom stereocenters. The number of rotatable bonds is 4. The van der Waals surface area contributed by atoms with Crippen LogP contribution in [0, 0.1) is 0 Å². The molecule has 3 heteroatoms. The van der Waals surface area contributed by atoms with Crippen molar-refractivity contribution in [3.05, 3.63) is 66.0 Å². The first kappa shape index (κ1) is 11.9. The van der Waals surface area contributed by atoms with Gasteiger partial charge < -0.3 is 4.74 Å². The predicted octanol–water partition coefficient (Wildman–Crippen LogP) is 2.65. The van der Waals surface area contributed by atoms with Crippen LogP contribution in [0.2, 0.25) is 0 Å². The zero-order chi connectivity index (χ0) is 13.1. The summed E-state index contributed by atoms with van der Waals surface area (Å²) >= 11 is 0. The Hall–Kier alpha value is -2.13. The minimum Gasteiger partial charge on any atom is -0.372 e. The van der Waals surface area contributed by atoms with E-state index in [1.165, 1.54) is 11.1 Å². The lowest BCUT2D eigenvalue weighted by atomic mass is 10.2. The molecule has 1 N–H and O–H groups in total. The third kappa shape index (κ3) is 2.37. The molecule has 19 heavy (non-hydrogen) atoms. The van der Waals surface area contributed by atoms with Gasteiger partial charge >= 0.3 is 0 Å². The van der Waals surface area contributed by atoms with E-state index in [2.05, 4.69) is 52.0 Å². The van der Waals surface area contributed by atoms with Crippen molar-refractivity contribution < 1.29 is 9.30 Å². The van der Waals surface area contributed by atoms with Gasteiger partial charge in [0.1, 0.15) is 13.2 Å². The summed E-state index contributed by atoms with van der Waals surface area (Å²) in [6.07, 6.45) is 0. The molecule has 0 fully saturated rings. The van der Waals surface area contributed by atoms with Crippen LogP contribution < -0.4 is 4.57 Å². The number of methoxy groups -OCH3 is 1. The maximum atomic E-state index is 5.28. The van der Waals surface area contributed by atoms with E-state index in [0.29, 0.717) is 6.61 Å². The van der Waals surface area contributed by atoms with Crippen LogP contribution in [0.25, 0.3) is 11.0 Å². The van der Waals surface area contributed by atoms with Gasteiger partial charge in [0, 0.05) is 7.11 Å². The molecule has 0 saturated carbocycles. The van der Waals surface area contributed by atoms with E-state index in [0.717, 1.165) is 17.9 Å². The third-order valence-electron chi connectivity index (χ3n) is 3.26. The second-order valence-electron chi connectivity index (χ2n) is 4.59. The van der Waals surface area contributed by atoms with Crippen molar-refractivity contribution in [1.29, 1.82) is 0 Å². The number of H-pyrrole nitrogens is 1. The number of imidazole rings is 1. The van der Waals surface area contributed by atoms with E-state index in [-0.39, 0.29) is 0 Å². The first-order valence-corrected chi connectivity index (χ1v) is 6.41. The molecule has 0 unspecified atom stereocenters. The summed E-state index contributed by atoms with van der Waals surface area (Å²) in [5.74, 6) is 1.09. The molecular weight excluding hydrogens is 236 g/mol. The lowest BCUT2D eigenvalue weighted by molar-refractivity contribution is -0.672. The van der Waals surface area contributed by atoms with Crippen LogP contribution in [-0.2, 0) is 17.9 Å². The van der Waals surface area contributed by atoms with Gasteiger partial charge in [-0.1, -0.05) is 42.5 Å².